The van der Waals surface area contributed by atoms with Crippen molar-refractivity contribution in [3.63, 3.8) is 0 Å². The summed E-state index contributed by atoms with van der Waals surface area (Å²) >= 11 is 0. The highest BCUT2D eigenvalue weighted by molar-refractivity contribution is 5.64. The minimum absolute atomic E-state index is 1.02. The molecule has 3 rings (SSSR count). The van der Waals surface area contributed by atoms with Gasteiger partial charge in [-0.3, -0.25) is 4.98 Å². The lowest BCUT2D eigenvalue weighted by Gasteiger charge is -2.24. The highest BCUT2D eigenvalue weighted by Gasteiger charge is 2.15. The van der Waals surface area contributed by atoms with Crippen LogP contribution < -0.4 is 0 Å². The number of likely N-dealkylation sites (N-methyl/N-ethyl adjacent to an activating group) is 1. The smallest absolute Gasteiger partial charge is 0.0708 e. The molecular weight excluding hydrogens is 232 g/mol. The molecule has 0 unspecified atom stereocenters. The standard InChI is InChI=1S/C17H20N2/c1-12-4-5-13(2)15(10-12)17-7-6-14-11-19(3)9-8-16(14)18-17/h4-7,10H,8-9,11H2,1-3H3. The van der Waals surface area contributed by atoms with Gasteiger partial charge in [-0.1, -0.05) is 23.8 Å². The Bertz CT molecular complexity index is 617. The van der Waals surface area contributed by atoms with E-state index < -0.39 is 0 Å². The predicted molar refractivity (Wildman–Crippen MR) is 79.2 cm³/mol. The molecule has 1 aliphatic heterocycles. The van der Waals surface area contributed by atoms with Gasteiger partial charge in [0.1, 0.15) is 0 Å². The maximum Gasteiger partial charge on any atom is 0.0708 e. The number of benzene rings is 1. The summed E-state index contributed by atoms with van der Waals surface area (Å²) in [7, 11) is 2.17. The number of nitrogens with zero attached hydrogens (tertiary/aromatic N) is 2. The zero-order chi connectivity index (χ0) is 13.4. The first-order valence-corrected chi connectivity index (χ1v) is 6.88. The monoisotopic (exact) mass is 252 g/mol. The van der Waals surface area contributed by atoms with E-state index >= 15 is 0 Å². The average Bonchev–Trinajstić information content (AvgIpc) is 2.41. The van der Waals surface area contributed by atoms with Crippen molar-refractivity contribution < 1.29 is 0 Å². The lowest BCUT2D eigenvalue weighted by molar-refractivity contribution is 0.310. The number of pyridine rings is 1. The fourth-order valence-electron chi connectivity index (χ4n) is 2.72. The third-order valence-electron chi connectivity index (χ3n) is 3.91. The first kappa shape index (κ1) is 12.4. The van der Waals surface area contributed by atoms with Crippen LogP contribution in [0.5, 0.6) is 0 Å². The third kappa shape index (κ3) is 2.41. The Morgan fingerprint density at radius 2 is 1.95 bits per heavy atom. The zero-order valence-corrected chi connectivity index (χ0v) is 11.9. The Morgan fingerprint density at radius 3 is 2.79 bits per heavy atom. The molecule has 2 nitrogen and oxygen atoms in total. The van der Waals surface area contributed by atoms with E-state index in [2.05, 4.69) is 56.1 Å². The van der Waals surface area contributed by atoms with Gasteiger partial charge in [-0.2, -0.15) is 0 Å². The van der Waals surface area contributed by atoms with E-state index in [0.29, 0.717) is 0 Å². The molecular formula is C17H20N2. The van der Waals surface area contributed by atoms with Gasteiger partial charge < -0.3 is 4.90 Å². The number of aromatic nitrogens is 1. The predicted octanol–water partition coefficient (Wildman–Crippen LogP) is 3.35. The lowest BCUT2D eigenvalue weighted by atomic mass is 9.99. The minimum atomic E-state index is 1.02. The second-order valence-corrected chi connectivity index (χ2v) is 5.61. The van der Waals surface area contributed by atoms with Crippen molar-refractivity contribution in [3.8, 4) is 11.3 Å². The number of aryl methyl sites for hydroxylation is 2. The van der Waals surface area contributed by atoms with Crippen molar-refractivity contribution >= 4 is 0 Å². The van der Waals surface area contributed by atoms with Gasteiger partial charge in [0.05, 0.1) is 5.69 Å². The first-order valence-electron chi connectivity index (χ1n) is 6.88. The average molecular weight is 252 g/mol. The molecule has 1 aliphatic rings. The molecule has 0 bridgehead atoms. The van der Waals surface area contributed by atoms with E-state index in [0.717, 1.165) is 25.2 Å². The van der Waals surface area contributed by atoms with Gasteiger partial charge in [0.2, 0.25) is 0 Å². The van der Waals surface area contributed by atoms with Gasteiger partial charge in [-0.05, 0) is 44.2 Å². The van der Waals surface area contributed by atoms with E-state index in [4.69, 9.17) is 4.98 Å². The molecule has 2 heterocycles. The summed E-state index contributed by atoms with van der Waals surface area (Å²) in [5, 5.41) is 0. The Hall–Kier alpha value is -1.67. The van der Waals surface area contributed by atoms with Crippen molar-refractivity contribution in [2.24, 2.45) is 0 Å². The molecule has 2 heteroatoms. The molecule has 0 aliphatic carbocycles. The number of hydrogen-bond acceptors (Lipinski definition) is 2. The molecule has 2 aromatic rings. The normalized spacial score (nSPS) is 15.3. The van der Waals surface area contributed by atoms with Crippen LogP contribution in [0.2, 0.25) is 0 Å². The molecule has 0 radical (unpaired) electrons. The van der Waals surface area contributed by atoms with E-state index in [1.165, 1.54) is 27.9 Å². The molecule has 0 saturated heterocycles. The molecule has 0 spiro atoms. The van der Waals surface area contributed by atoms with Gasteiger partial charge in [0.15, 0.2) is 0 Å². The molecule has 0 amide bonds. The van der Waals surface area contributed by atoms with E-state index in [9.17, 15) is 0 Å². The van der Waals surface area contributed by atoms with Crippen LogP contribution in [-0.2, 0) is 13.0 Å². The molecule has 98 valence electrons. The van der Waals surface area contributed by atoms with Crippen LogP contribution >= 0.6 is 0 Å². The molecule has 0 saturated carbocycles. The Morgan fingerprint density at radius 1 is 1.11 bits per heavy atom. The minimum Gasteiger partial charge on any atom is -0.302 e. The first-order chi connectivity index (χ1) is 9.13. The number of rotatable bonds is 1. The van der Waals surface area contributed by atoms with Gasteiger partial charge in [-0.15, -0.1) is 0 Å². The van der Waals surface area contributed by atoms with Crippen LogP contribution in [0.25, 0.3) is 11.3 Å². The number of hydrogen-bond donors (Lipinski definition) is 0. The van der Waals surface area contributed by atoms with Crippen molar-refractivity contribution in [1.82, 2.24) is 9.88 Å². The summed E-state index contributed by atoms with van der Waals surface area (Å²) in [6.45, 7) is 6.42. The summed E-state index contributed by atoms with van der Waals surface area (Å²) in [4.78, 5) is 7.24. The van der Waals surface area contributed by atoms with E-state index in [-0.39, 0.29) is 0 Å². The van der Waals surface area contributed by atoms with Crippen LogP contribution in [0.15, 0.2) is 30.3 Å². The van der Waals surface area contributed by atoms with Gasteiger partial charge in [-0.25, -0.2) is 0 Å². The zero-order valence-electron chi connectivity index (χ0n) is 11.9. The van der Waals surface area contributed by atoms with Crippen molar-refractivity contribution in [3.05, 3.63) is 52.7 Å². The van der Waals surface area contributed by atoms with Crippen LogP contribution in [-0.4, -0.2) is 23.5 Å². The second-order valence-electron chi connectivity index (χ2n) is 5.61. The van der Waals surface area contributed by atoms with Crippen molar-refractivity contribution in [2.45, 2.75) is 26.8 Å². The Labute approximate surface area is 115 Å². The number of fused-ring (bicyclic) bond motifs is 1. The van der Waals surface area contributed by atoms with Crippen LogP contribution in [0.1, 0.15) is 22.4 Å². The lowest BCUT2D eigenvalue weighted by Crippen LogP contribution is -2.27. The fraction of sp³-hybridized carbons (Fsp3) is 0.353. The van der Waals surface area contributed by atoms with Crippen molar-refractivity contribution in [1.29, 1.82) is 0 Å². The summed E-state index contributed by atoms with van der Waals surface area (Å²) < 4.78 is 0. The van der Waals surface area contributed by atoms with Gasteiger partial charge in [0.25, 0.3) is 0 Å². The summed E-state index contributed by atoms with van der Waals surface area (Å²) in [6.07, 6.45) is 1.06. The summed E-state index contributed by atoms with van der Waals surface area (Å²) in [6, 6.07) is 11.0. The topological polar surface area (TPSA) is 16.1 Å². The molecule has 0 fully saturated rings. The largest absolute Gasteiger partial charge is 0.302 e. The molecule has 1 aromatic carbocycles. The highest BCUT2D eigenvalue weighted by atomic mass is 15.1. The second kappa shape index (κ2) is 4.78. The maximum absolute atomic E-state index is 4.89. The molecule has 19 heavy (non-hydrogen) atoms. The van der Waals surface area contributed by atoms with Crippen LogP contribution in [0, 0.1) is 13.8 Å². The van der Waals surface area contributed by atoms with E-state index in [1.54, 1.807) is 0 Å². The Kier molecular flexibility index (Phi) is 3.11. The van der Waals surface area contributed by atoms with Crippen LogP contribution in [0.4, 0.5) is 0 Å². The molecule has 0 N–H and O–H groups in total. The van der Waals surface area contributed by atoms with E-state index in [1.807, 2.05) is 0 Å². The van der Waals surface area contributed by atoms with Gasteiger partial charge in [0, 0.05) is 30.8 Å². The third-order valence-corrected chi connectivity index (χ3v) is 3.91. The maximum atomic E-state index is 4.89. The van der Waals surface area contributed by atoms with Crippen LogP contribution in [0.3, 0.4) is 0 Å². The van der Waals surface area contributed by atoms with Gasteiger partial charge >= 0.3 is 0 Å². The SMILES string of the molecule is Cc1ccc(C)c(-c2ccc3c(n2)CCN(C)C3)c1. The summed E-state index contributed by atoms with van der Waals surface area (Å²) in [5.74, 6) is 0. The summed E-state index contributed by atoms with van der Waals surface area (Å²) in [5.41, 5.74) is 7.62. The quantitative estimate of drug-likeness (QED) is 0.773. The molecule has 0 atom stereocenters. The highest BCUT2D eigenvalue weighted by Crippen LogP contribution is 2.25. The Balaban J connectivity index is 2.05. The van der Waals surface area contributed by atoms with Crippen molar-refractivity contribution in [2.75, 3.05) is 13.6 Å². The fourth-order valence-corrected chi connectivity index (χ4v) is 2.72. The molecule has 1 aromatic heterocycles.